The number of carbonyl (C=O) groups excluding carboxylic acids is 1. The van der Waals surface area contributed by atoms with E-state index in [1.54, 1.807) is 37.7 Å². The number of rotatable bonds is 6. The Morgan fingerprint density at radius 3 is 2.37 bits per heavy atom. The molecule has 1 heterocycles. The number of amides is 1. The van der Waals surface area contributed by atoms with Gasteiger partial charge in [0.05, 0.1) is 20.8 Å². The number of nitrogens with one attached hydrogen (secondary N) is 2. The summed E-state index contributed by atoms with van der Waals surface area (Å²) in [6.07, 6.45) is 3.41. The van der Waals surface area contributed by atoms with E-state index in [4.69, 9.17) is 9.47 Å². The fourth-order valence-corrected chi connectivity index (χ4v) is 2.86. The van der Waals surface area contributed by atoms with Crippen molar-refractivity contribution in [1.82, 2.24) is 10.3 Å². The van der Waals surface area contributed by atoms with Gasteiger partial charge in [0.2, 0.25) is 5.96 Å². The van der Waals surface area contributed by atoms with Gasteiger partial charge in [-0.15, -0.1) is 0 Å². The maximum Gasteiger partial charge on any atom is 0.258 e. The molecule has 0 saturated heterocycles. The third-order valence-electron chi connectivity index (χ3n) is 4.15. The lowest BCUT2D eigenvalue weighted by atomic mass is 10.2. The van der Waals surface area contributed by atoms with Crippen molar-refractivity contribution in [1.29, 1.82) is 0 Å². The Labute approximate surface area is 183 Å². The highest BCUT2D eigenvalue weighted by molar-refractivity contribution is 9.10. The van der Waals surface area contributed by atoms with Crippen molar-refractivity contribution >= 4 is 33.5 Å². The first kappa shape index (κ1) is 21.3. The van der Waals surface area contributed by atoms with Crippen molar-refractivity contribution in [2.45, 2.75) is 6.54 Å². The number of benzene rings is 2. The first-order valence-electron chi connectivity index (χ1n) is 9.08. The number of methoxy groups -OCH3 is 2. The summed E-state index contributed by atoms with van der Waals surface area (Å²) in [5, 5.41) is 5.99. The van der Waals surface area contributed by atoms with Crippen LogP contribution in [-0.2, 0) is 6.54 Å². The SMILES string of the molecule is COc1ccc(C(=O)NC(=NCc2ccncc2)Nc2ccc(Br)cc2)cc1OC. The molecule has 0 bridgehead atoms. The fraction of sp³-hybridized carbons (Fsp3) is 0.136. The van der Waals surface area contributed by atoms with Crippen LogP contribution < -0.4 is 20.1 Å². The highest BCUT2D eigenvalue weighted by Crippen LogP contribution is 2.27. The number of pyridine rings is 1. The normalized spacial score (nSPS) is 11.0. The lowest BCUT2D eigenvalue weighted by Crippen LogP contribution is -2.36. The highest BCUT2D eigenvalue weighted by atomic mass is 79.9. The van der Waals surface area contributed by atoms with Crippen molar-refractivity contribution in [3.8, 4) is 11.5 Å². The van der Waals surface area contributed by atoms with Gasteiger partial charge in [-0.2, -0.15) is 0 Å². The summed E-state index contributed by atoms with van der Waals surface area (Å²) in [4.78, 5) is 21.4. The second-order valence-electron chi connectivity index (χ2n) is 6.18. The molecule has 0 saturated carbocycles. The van der Waals surface area contributed by atoms with E-state index in [0.29, 0.717) is 29.6 Å². The Morgan fingerprint density at radius 2 is 1.70 bits per heavy atom. The second kappa shape index (κ2) is 10.4. The maximum absolute atomic E-state index is 12.8. The van der Waals surface area contributed by atoms with Gasteiger partial charge in [-0.1, -0.05) is 15.9 Å². The minimum Gasteiger partial charge on any atom is -0.493 e. The van der Waals surface area contributed by atoms with E-state index in [0.717, 1.165) is 15.7 Å². The van der Waals surface area contributed by atoms with Crippen LogP contribution in [0.15, 0.2) is 76.5 Å². The van der Waals surface area contributed by atoms with Gasteiger partial charge >= 0.3 is 0 Å². The molecule has 0 spiro atoms. The Hall–Kier alpha value is -3.39. The van der Waals surface area contributed by atoms with Crippen LogP contribution in [0.3, 0.4) is 0 Å². The number of nitrogens with zero attached hydrogens (tertiary/aromatic N) is 2. The first-order valence-corrected chi connectivity index (χ1v) is 9.87. The van der Waals surface area contributed by atoms with Gasteiger partial charge in [0.15, 0.2) is 11.5 Å². The van der Waals surface area contributed by atoms with Crippen molar-refractivity contribution in [2.75, 3.05) is 19.5 Å². The van der Waals surface area contributed by atoms with Crippen LogP contribution in [0, 0.1) is 0 Å². The summed E-state index contributed by atoms with van der Waals surface area (Å²) in [5.74, 6) is 1.03. The molecule has 3 aromatic rings. The Bertz CT molecular complexity index is 1020. The molecule has 0 aliphatic carbocycles. The number of hydrogen-bond donors (Lipinski definition) is 2. The van der Waals surface area contributed by atoms with E-state index in [2.05, 4.69) is 36.5 Å². The molecule has 0 aliphatic rings. The summed E-state index contributed by atoms with van der Waals surface area (Å²) < 4.78 is 11.5. The average Bonchev–Trinajstić information content (AvgIpc) is 2.79. The molecule has 3 rings (SSSR count). The van der Waals surface area contributed by atoms with E-state index in [1.165, 1.54) is 7.11 Å². The number of halogens is 1. The summed E-state index contributed by atoms with van der Waals surface area (Å²) in [7, 11) is 3.07. The average molecular weight is 469 g/mol. The zero-order valence-electron chi connectivity index (χ0n) is 16.6. The molecular weight excluding hydrogens is 448 g/mol. The predicted molar refractivity (Wildman–Crippen MR) is 120 cm³/mol. The molecule has 1 amide bonds. The number of aliphatic imine (C=N–C) groups is 1. The molecule has 0 radical (unpaired) electrons. The zero-order valence-corrected chi connectivity index (χ0v) is 18.1. The van der Waals surface area contributed by atoms with E-state index in [1.807, 2.05) is 36.4 Å². The number of carbonyl (C=O) groups is 1. The van der Waals surface area contributed by atoms with Crippen LogP contribution in [0.4, 0.5) is 5.69 Å². The van der Waals surface area contributed by atoms with Crippen molar-refractivity contribution in [2.24, 2.45) is 4.99 Å². The standard InChI is InChI=1S/C22H21BrN4O3/c1-29-19-8-3-16(13-20(19)30-2)21(28)27-22(25-14-15-9-11-24-12-10-15)26-18-6-4-17(23)5-7-18/h3-13H,14H2,1-2H3,(H2,25,26,27,28). The quantitative estimate of drug-likeness (QED) is 0.417. The smallest absolute Gasteiger partial charge is 0.258 e. The molecule has 0 unspecified atom stereocenters. The third kappa shape index (κ3) is 5.81. The van der Waals surface area contributed by atoms with Crippen LogP contribution in [0.25, 0.3) is 0 Å². The minimum atomic E-state index is -0.325. The molecular formula is C22H21BrN4O3. The maximum atomic E-state index is 12.8. The van der Waals surface area contributed by atoms with Gasteiger partial charge < -0.3 is 14.8 Å². The van der Waals surface area contributed by atoms with Crippen LogP contribution in [0.5, 0.6) is 11.5 Å². The number of ether oxygens (including phenoxy) is 2. The molecule has 0 atom stereocenters. The predicted octanol–water partition coefficient (Wildman–Crippen LogP) is 4.26. The van der Waals surface area contributed by atoms with Gasteiger partial charge in [-0.25, -0.2) is 4.99 Å². The molecule has 8 heteroatoms. The monoisotopic (exact) mass is 468 g/mol. The van der Waals surface area contributed by atoms with Gasteiger partial charge in [0.25, 0.3) is 5.91 Å². The molecule has 0 fully saturated rings. The molecule has 154 valence electrons. The van der Waals surface area contributed by atoms with Crippen LogP contribution >= 0.6 is 15.9 Å². The lowest BCUT2D eigenvalue weighted by molar-refractivity contribution is 0.0976. The molecule has 2 aromatic carbocycles. The summed E-state index contributed by atoms with van der Waals surface area (Å²) >= 11 is 3.41. The van der Waals surface area contributed by atoms with Crippen LogP contribution in [0.2, 0.25) is 0 Å². The largest absolute Gasteiger partial charge is 0.493 e. The van der Waals surface area contributed by atoms with E-state index < -0.39 is 0 Å². The van der Waals surface area contributed by atoms with E-state index in [9.17, 15) is 4.79 Å². The molecule has 0 aliphatic heterocycles. The highest BCUT2D eigenvalue weighted by Gasteiger charge is 2.13. The molecule has 1 aromatic heterocycles. The summed E-state index contributed by atoms with van der Waals surface area (Å²) in [6, 6.07) is 16.3. The topological polar surface area (TPSA) is 84.8 Å². The molecule has 7 nitrogen and oxygen atoms in total. The van der Waals surface area contributed by atoms with Gasteiger partial charge in [-0.3, -0.25) is 15.1 Å². The Kier molecular flexibility index (Phi) is 7.40. The van der Waals surface area contributed by atoms with Gasteiger partial charge in [0, 0.05) is 28.1 Å². The third-order valence-corrected chi connectivity index (χ3v) is 4.68. The van der Waals surface area contributed by atoms with E-state index in [-0.39, 0.29) is 5.91 Å². The van der Waals surface area contributed by atoms with E-state index >= 15 is 0 Å². The Morgan fingerprint density at radius 1 is 1.00 bits per heavy atom. The van der Waals surface area contributed by atoms with Gasteiger partial charge in [-0.05, 0) is 60.2 Å². The number of guanidine groups is 1. The minimum absolute atomic E-state index is 0.325. The number of aromatic nitrogens is 1. The lowest BCUT2D eigenvalue weighted by Gasteiger charge is -2.13. The molecule has 2 N–H and O–H groups in total. The Balaban J connectivity index is 1.81. The van der Waals surface area contributed by atoms with Crippen molar-refractivity contribution < 1.29 is 14.3 Å². The molecule has 30 heavy (non-hydrogen) atoms. The fourth-order valence-electron chi connectivity index (χ4n) is 2.60. The first-order chi connectivity index (χ1) is 14.6. The summed E-state index contributed by atoms with van der Waals surface area (Å²) in [5.41, 5.74) is 2.18. The van der Waals surface area contributed by atoms with Crippen molar-refractivity contribution in [3.63, 3.8) is 0 Å². The zero-order chi connectivity index (χ0) is 21.3. The number of hydrogen-bond acceptors (Lipinski definition) is 5. The van der Waals surface area contributed by atoms with Crippen molar-refractivity contribution in [3.05, 3.63) is 82.6 Å². The summed E-state index contributed by atoms with van der Waals surface area (Å²) in [6.45, 7) is 0.383. The van der Waals surface area contributed by atoms with Crippen LogP contribution in [0.1, 0.15) is 15.9 Å². The second-order valence-corrected chi connectivity index (χ2v) is 7.09. The number of anilines is 1. The van der Waals surface area contributed by atoms with Gasteiger partial charge in [0.1, 0.15) is 0 Å². The van der Waals surface area contributed by atoms with Crippen LogP contribution in [-0.4, -0.2) is 31.1 Å².